The SMILES string of the molecule is CC(C)[N-]C1CN(C(C)C)C1.[Re]. The van der Waals surface area contributed by atoms with E-state index in [1.165, 1.54) is 13.1 Å². The van der Waals surface area contributed by atoms with Gasteiger partial charge in [-0.25, -0.2) is 0 Å². The first-order chi connectivity index (χ1) is 5.09. The molecule has 1 saturated heterocycles. The minimum Gasteiger partial charge on any atom is -0.655 e. The molecule has 0 unspecified atom stereocenters. The van der Waals surface area contributed by atoms with Gasteiger partial charge in [0.05, 0.1) is 0 Å². The quantitative estimate of drug-likeness (QED) is 0.766. The second kappa shape index (κ2) is 5.34. The minimum absolute atomic E-state index is 0. The first kappa shape index (κ1) is 12.6. The summed E-state index contributed by atoms with van der Waals surface area (Å²) in [5.41, 5.74) is 0. The van der Waals surface area contributed by atoms with E-state index < -0.39 is 0 Å². The Morgan fingerprint density at radius 2 is 1.67 bits per heavy atom. The molecule has 0 aliphatic carbocycles. The second-order valence-corrected chi connectivity index (χ2v) is 3.94. The number of nitrogens with zero attached hydrogens (tertiary/aromatic N) is 2. The zero-order valence-corrected chi connectivity index (χ0v) is 11.1. The predicted octanol–water partition coefficient (Wildman–Crippen LogP) is 1.86. The predicted molar refractivity (Wildman–Crippen MR) is 49.0 cm³/mol. The Balaban J connectivity index is 0.00000121. The fourth-order valence-corrected chi connectivity index (χ4v) is 1.43. The van der Waals surface area contributed by atoms with Crippen LogP contribution in [0.1, 0.15) is 27.7 Å². The Bertz CT molecular complexity index is 120. The van der Waals surface area contributed by atoms with Crippen molar-refractivity contribution in [3.63, 3.8) is 0 Å². The van der Waals surface area contributed by atoms with Gasteiger partial charge in [-0.15, -0.1) is 12.1 Å². The van der Waals surface area contributed by atoms with Crippen molar-refractivity contribution < 1.29 is 20.4 Å². The molecule has 0 spiro atoms. The molecule has 0 aromatic rings. The van der Waals surface area contributed by atoms with Gasteiger partial charge in [0.2, 0.25) is 0 Å². The molecule has 0 saturated carbocycles. The number of hydrogen-bond acceptors (Lipinski definition) is 1. The van der Waals surface area contributed by atoms with Crippen molar-refractivity contribution in [1.82, 2.24) is 4.90 Å². The van der Waals surface area contributed by atoms with Crippen LogP contribution in [0, 0.1) is 0 Å². The van der Waals surface area contributed by atoms with Gasteiger partial charge in [-0.2, -0.15) is 0 Å². The molecule has 0 amide bonds. The van der Waals surface area contributed by atoms with Crippen molar-refractivity contribution >= 4 is 0 Å². The van der Waals surface area contributed by atoms with Gasteiger partial charge in [-0.1, -0.05) is 13.8 Å². The number of hydrogen-bond donors (Lipinski definition) is 0. The molecule has 0 aromatic carbocycles. The van der Waals surface area contributed by atoms with Crippen molar-refractivity contribution in [2.75, 3.05) is 13.1 Å². The molecule has 1 fully saturated rings. The van der Waals surface area contributed by atoms with E-state index in [0.29, 0.717) is 18.1 Å². The zero-order valence-electron chi connectivity index (χ0n) is 8.42. The number of likely N-dealkylation sites (tertiary alicyclic amines) is 1. The summed E-state index contributed by atoms with van der Waals surface area (Å²) >= 11 is 0. The number of rotatable bonds is 3. The third-order valence-electron chi connectivity index (χ3n) is 2.13. The van der Waals surface area contributed by atoms with Crippen LogP contribution < -0.4 is 0 Å². The van der Waals surface area contributed by atoms with Crippen LogP contribution in [0.15, 0.2) is 0 Å². The smallest absolute Gasteiger partial charge is 0.00374 e. The average molecular weight is 341 g/mol. The first-order valence-corrected chi connectivity index (χ1v) is 4.53. The standard InChI is InChI=1S/C9H19N2.Re/c1-7(2)10-9-5-11(6-9)8(3)4;/h7-9H,5-6H2,1-4H3;/q-1;. The van der Waals surface area contributed by atoms with Gasteiger partial charge in [0.25, 0.3) is 0 Å². The fourth-order valence-electron chi connectivity index (χ4n) is 1.43. The summed E-state index contributed by atoms with van der Waals surface area (Å²) < 4.78 is 0. The molecule has 3 heteroatoms. The Morgan fingerprint density at radius 1 is 1.17 bits per heavy atom. The molecule has 12 heavy (non-hydrogen) atoms. The fraction of sp³-hybridized carbons (Fsp3) is 1.00. The summed E-state index contributed by atoms with van der Waals surface area (Å²) in [6.07, 6.45) is 0. The van der Waals surface area contributed by atoms with E-state index in [2.05, 4.69) is 37.9 Å². The van der Waals surface area contributed by atoms with Crippen molar-refractivity contribution in [2.45, 2.75) is 45.8 Å². The monoisotopic (exact) mass is 342 g/mol. The maximum absolute atomic E-state index is 4.57. The van der Waals surface area contributed by atoms with E-state index in [0.717, 1.165) is 0 Å². The van der Waals surface area contributed by atoms with Crippen LogP contribution in [0.3, 0.4) is 0 Å². The van der Waals surface area contributed by atoms with E-state index in [4.69, 9.17) is 0 Å². The molecular weight excluding hydrogens is 322 g/mol. The van der Waals surface area contributed by atoms with Crippen molar-refractivity contribution in [3.05, 3.63) is 5.32 Å². The summed E-state index contributed by atoms with van der Waals surface area (Å²) in [7, 11) is 0. The Morgan fingerprint density at radius 3 is 2.00 bits per heavy atom. The molecule has 1 heterocycles. The molecule has 73 valence electrons. The van der Waals surface area contributed by atoms with E-state index in [9.17, 15) is 0 Å². The van der Waals surface area contributed by atoms with Crippen LogP contribution in [-0.2, 0) is 20.4 Å². The topological polar surface area (TPSA) is 17.3 Å². The largest absolute Gasteiger partial charge is 0.655 e. The maximum Gasteiger partial charge on any atom is 0.00374 e. The van der Waals surface area contributed by atoms with Gasteiger partial charge in [-0.05, 0) is 26.9 Å². The molecule has 1 radical (unpaired) electrons. The van der Waals surface area contributed by atoms with Gasteiger partial charge in [0.1, 0.15) is 0 Å². The van der Waals surface area contributed by atoms with Crippen LogP contribution in [0.25, 0.3) is 5.32 Å². The Kier molecular flexibility index (Phi) is 5.60. The van der Waals surface area contributed by atoms with Crippen molar-refractivity contribution in [1.29, 1.82) is 0 Å². The van der Waals surface area contributed by atoms with E-state index in [1.807, 2.05) is 0 Å². The molecule has 0 N–H and O–H groups in total. The third kappa shape index (κ3) is 3.53. The Hall–Kier alpha value is 0.582. The molecular formula is C9H19N2Re-. The van der Waals surface area contributed by atoms with E-state index in [-0.39, 0.29) is 20.4 Å². The molecule has 2 nitrogen and oxygen atoms in total. The summed E-state index contributed by atoms with van der Waals surface area (Å²) in [5, 5.41) is 4.57. The summed E-state index contributed by atoms with van der Waals surface area (Å²) in [4.78, 5) is 2.45. The average Bonchev–Trinajstić information content (AvgIpc) is 1.75. The third-order valence-corrected chi connectivity index (χ3v) is 2.13. The summed E-state index contributed by atoms with van der Waals surface area (Å²) in [6, 6.07) is 1.83. The van der Waals surface area contributed by atoms with E-state index in [1.54, 1.807) is 0 Å². The normalized spacial score (nSPS) is 19.5. The van der Waals surface area contributed by atoms with Crippen LogP contribution in [-0.4, -0.2) is 36.1 Å². The minimum atomic E-state index is 0. The molecule has 0 bridgehead atoms. The van der Waals surface area contributed by atoms with Crippen molar-refractivity contribution in [3.8, 4) is 0 Å². The molecule has 1 rings (SSSR count). The summed E-state index contributed by atoms with van der Waals surface area (Å²) in [6.45, 7) is 11.1. The van der Waals surface area contributed by atoms with Gasteiger partial charge >= 0.3 is 0 Å². The second-order valence-electron chi connectivity index (χ2n) is 3.94. The van der Waals surface area contributed by atoms with Gasteiger partial charge in [-0.3, -0.25) is 0 Å². The Labute approximate surface area is 89.7 Å². The molecule has 1 aliphatic rings. The first-order valence-electron chi connectivity index (χ1n) is 4.53. The molecule has 0 atom stereocenters. The van der Waals surface area contributed by atoms with Crippen LogP contribution >= 0.6 is 0 Å². The summed E-state index contributed by atoms with van der Waals surface area (Å²) in [5.74, 6) is 0. The van der Waals surface area contributed by atoms with E-state index >= 15 is 0 Å². The maximum atomic E-state index is 4.57. The van der Waals surface area contributed by atoms with Gasteiger partial charge in [0, 0.05) is 26.5 Å². The molecule has 0 aromatic heterocycles. The molecule has 1 aliphatic heterocycles. The van der Waals surface area contributed by atoms with Crippen molar-refractivity contribution in [2.24, 2.45) is 0 Å². The van der Waals surface area contributed by atoms with Gasteiger partial charge < -0.3 is 10.2 Å². The van der Waals surface area contributed by atoms with Crippen LogP contribution in [0.5, 0.6) is 0 Å². The van der Waals surface area contributed by atoms with Gasteiger partial charge in [0.15, 0.2) is 0 Å². The van der Waals surface area contributed by atoms with Crippen LogP contribution in [0.2, 0.25) is 0 Å². The van der Waals surface area contributed by atoms with Crippen LogP contribution in [0.4, 0.5) is 0 Å². The zero-order chi connectivity index (χ0) is 8.43.